The molecule has 0 aliphatic rings. The van der Waals surface area contributed by atoms with Gasteiger partial charge in [-0.2, -0.15) is 11.8 Å². The Balaban J connectivity index is 4.02. The summed E-state index contributed by atoms with van der Waals surface area (Å²) in [6.07, 6.45) is 2.90. The van der Waals surface area contributed by atoms with Gasteiger partial charge < -0.3 is 4.79 Å². The zero-order valence-corrected chi connectivity index (χ0v) is 8.74. The third-order valence-electron chi connectivity index (χ3n) is 1.71. The Morgan fingerprint density at radius 3 is 2.33 bits per heavy atom. The van der Waals surface area contributed by atoms with E-state index < -0.39 is 0 Å². The molecule has 70 valence electrons. The summed E-state index contributed by atoms with van der Waals surface area (Å²) in [5, 5.41) is 0. The van der Waals surface area contributed by atoms with Gasteiger partial charge in [0.15, 0.2) is 0 Å². The number of thioether (sulfide) groups is 1. The number of hydrogen-bond donors (Lipinski definition) is 0. The van der Waals surface area contributed by atoms with Gasteiger partial charge in [0.1, 0.15) is 11.6 Å². The quantitative estimate of drug-likeness (QED) is 0.638. The molecule has 0 amide bonds. The minimum absolute atomic E-state index is 0.0532. The second-order valence-corrected chi connectivity index (χ2v) is 3.79. The highest BCUT2D eigenvalue weighted by Crippen LogP contribution is 2.13. The summed E-state index contributed by atoms with van der Waals surface area (Å²) < 4.78 is 0. The maximum absolute atomic E-state index is 11.3. The first-order valence-electron chi connectivity index (χ1n) is 4.12. The van der Waals surface area contributed by atoms with Crippen LogP contribution in [0.25, 0.3) is 0 Å². The zero-order chi connectivity index (χ0) is 9.56. The lowest BCUT2D eigenvalue weighted by atomic mass is 9.99. The molecular formula is C9H16O2S. The lowest BCUT2D eigenvalue weighted by Gasteiger charge is -2.10. The number of rotatable bonds is 6. The third kappa shape index (κ3) is 4.54. The van der Waals surface area contributed by atoms with Crippen molar-refractivity contribution in [2.45, 2.75) is 26.7 Å². The standard InChI is InChI=1S/C9H16O2S/c1-4-9(11)8(6-12-3)5-7(2)10/h8H,4-6H2,1-3H3. The van der Waals surface area contributed by atoms with E-state index in [1.807, 2.05) is 13.2 Å². The van der Waals surface area contributed by atoms with Crippen LogP contribution in [-0.4, -0.2) is 23.6 Å². The van der Waals surface area contributed by atoms with Gasteiger partial charge in [0.25, 0.3) is 0 Å². The van der Waals surface area contributed by atoms with Crippen LogP contribution in [0.2, 0.25) is 0 Å². The highest BCUT2D eigenvalue weighted by atomic mass is 32.2. The normalized spacial score (nSPS) is 12.6. The van der Waals surface area contributed by atoms with E-state index in [0.29, 0.717) is 12.8 Å². The molecule has 0 fully saturated rings. The van der Waals surface area contributed by atoms with Crippen LogP contribution in [0.5, 0.6) is 0 Å². The average Bonchev–Trinajstić information content (AvgIpc) is 2.01. The number of carbonyl (C=O) groups is 2. The summed E-state index contributed by atoms with van der Waals surface area (Å²) in [6, 6.07) is 0. The summed E-state index contributed by atoms with van der Waals surface area (Å²) >= 11 is 1.62. The van der Waals surface area contributed by atoms with Gasteiger partial charge in [0.2, 0.25) is 0 Å². The highest BCUT2D eigenvalue weighted by molar-refractivity contribution is 7.98. The first-order valence-corrected chi connectivity index (χ1v) is 5.52. The molecule has 0 radical (unpaired) electrons. The second kappa shape index (κ2) is 6.23. The predicted octanol–water partition coefficient (Wildman–Crippen LogP) is 1.92. The molecule has 0 aliphatic carbocycles. The molecule has 0 saturated carbocycles. The average molecular weight is 188 g/mol. The molecule has 1 unspecified atom stereocenters. The Kier molecular flexibility index (Phi) is 6.07. The first kappa shape index (κ1) is 11.7. The van der Waals surface area contributed by atoms with Gasteiger partial charge >= 0.3 is 0 Å². The molecule has 1 atom stereocenters. The van der Waals surface area contributed by atoms with E-state index in [1.54, 1.807) is 11.8 Å². The topological polar surface area (TPSA) is 34.1 Å². The lowest BCUT2D eigenvalue weighted by molar-refractivity contribution is -0.126. The van der Waals surface area contributed by atoms with Crippen molar-refractivity contribution in [3.8, 4) is 0 Å². The van der Waals surface area contributed by atoms with Crippen molar-refractivity contribution in [1.82, 2.24) is 0 Å². The molecule has 0 aromatic rings. The molecule has 2 nitrogen and oxygen atoms in total. The van der Waals surface area contributed by atoms with Crippen LogP contribution in [0.15, 0.2) is 0 Å². The Hall–Kier alpha value is -0.310. The summed E-state index contributed by atoms with van der Waals surface area (Å²) in [5.41, 5.74) is 0. The van der Waals surface area contributed by atoms with E-state index in [4.69, 9.17) is 0 Å². The van der Waals surface area contributed by atoms with Gasteiger partial charge in [0, 0.05) is 24.5 Å². The maximum Gasteiger partial charge on any atom is 0.136 e. The molecule has 0 bridgehead atoms. The van der Waals surface area contributed by atoms with Gasteiger partial charge in [-0.25, -0.2) is 0 Å². The highest BCUT2D eigenvalue weighted by Gasteiger charge is 2.17. The van der Waals surface area contributed by atoms with Crippen molar-refractivity contribution in [3.05, 3.63) is 0 Å². The van der Waals surface area contributed by atoms with E-state index in [1.165, 1.54) is 6.92 Å². The summed E-state index contributed by atoms with van der Waals surface area (Å²) in [6.45, 7) is 3.38. The largest absolute Gasteiger partial charge is 0.300 e. The van der Waals surface area contributed by atoms with Crippen LogP contribution in [-0.2, 0) is 9.59 Å². The SMILES string of the molecule is CCC(=O)C(CSC)CC(C)=O. The van der Waals surface area contributed by atoms with Gasteiger partial charge in [-0.3, -0.25) is 4.79 Å². The fourth-order valence-electron chi connectivity index (χ4n) is 1.10. The minimum atomic E-state index is -0.0532. The number of Topliss-reactive ketones (excluding diaryl/α,β-unsaturated/α-hetero) is 2. The molecule has 12 heavy (non-hydrogen) atoms. The van der Waals surface area contributed by atoms with E-state index >= 15 is 0 Å². The van der Waals surface area contributed by atoms with Gasteiger partial charge in [-0.1, -0.05) is 6.92 Å². The summed E-state index contributed by atoms with van der Waals surface area (Å²) in [7, 11) is 0. The molecule has 0 spiro atoms. The number of carbonyl (C=O) groups excluding carboxylic acids is 2. The number of hydrogen-bond acceptors (Lipinski definition) is 3. The summed E-state index contributed by atoms with van der Waals surface area (Å²) in [5.74, 6) is 1.03. The van der Waals surface area contributed by atoms with E-state index in [2.05, 4.69) is 0 Å². The minimum Gasteiger partial charge on any atom is -0.300 e. The van der Waals surface area contributed by atoms with Crippen LogP contribution < -0.4 is 0 Å². The molecule has 3 heteroatoms. The van der Waals surface area contributed by atoms with Gasteiger partial charge in [-0.15, -0.1) is 0 Å². The Bertz CT molecular complexity index is 166. The van der Waals surface area contributed by atoms with Crippen LogP contribution >= 0.6 is 11.8 Å². The molecular weight excluding hydrogens is 172 g/mol. The lowest BCUT2D eigenvalue weighted by Crippen LogP contribution is -2.18. The third-order valence-corrected chi connectivity index (χ3v) is 2.44. The van der Waals surface area contributed by atoms with Gasteiger partial charge in [0.05, 0.1) is 0 Å². The van der Waals surface area contributed by atoms with Crippen molar-refractivity contribution in [2.75, 3.05) is 12.0 Å². The Morgan fingerprint density at radius 2 is 2.00 bits per heavy atom. The molecule has 0 rings (SSSR count). The molecule has 0 aliphatic heterocycles. The van der Waals surface area contributed by atoms with Crippen molar-refractivity contribution in [3.63, 3.8) is 0 Å². The Morgan fingerprint density at radius 1 is 1.42 bits per heavy atom. The fourth-order valence-corrected chi connectivity index (χ4v) is 1.81. The van der Waals surface area contributed by atoms with Crippen molar-refractivity contribution in [2.24, 2.45) is 5.92 Å². The van der Waals surface area contributed by atoms with Crippen molar-refractivity contribution < 1.29 is 9.59 Å². The van der Waals surface area contributed by atoms with Crippen LogP contribution in [0.1, 0.15) is 26.7 Å². The number of ketones is 2. The molecule has 0 N–H and O–H groups in total. The smallest absolute Gasteiger partial charge is 0.136 e. The van der Waals surface area contributed by atoms with E-state index in [0.717, 1.165) is 5.75 Å². The van der Waals surface area contributed by atoms with Crippen molar-refractivity contribution >= 4 is 23.3 Å². The summed E-state index contributed by atoms with van der Waals surface area (Å²) in [4.78, 5) is 22.1. The maximum atomic E-state index is 11.3. The van der Waals surface area contributed by atoms with Crippen LogP contribution in [0.3, 0.4) is 0 Å². The monoisotopic (exact) mass is 188 g/mol. The molecule has 0 aromatic carbocycles. The second-order valence-electron chi connectivity index (χ2n) is 2.88. The zero-order valence-electron chi connectivity index (χ0n) is 7.92. The van der Waals surface area contributed by atoms with Crippen LogP contribution in [0.4, 0.5) is 0 Å². The first-order chi connectivity index (χ1) is 5.61. The van der Waals surface area contributed by atoms with Crippen molar-refractivity contribution in [1.29, 1.82) is 0 Å². The Labute approximate surface area is 78.1 Å². The van der Waals surface area contributed by atoms with Crippen LogP contribution in [0, 0.1) is 5.92 Å². The van der Waals surface area contributed by atoms with E-state index in [9.17, 15) is 9.59 Å². The molecule has 0 saturated heterocycles. The molecule has 0 aromatic heterocycles. The van der Waals surface area contributed by atoms with E-state index in [-0.39, 0.29) is 17.5 Å². The fraction of sp³-hybridized carbons (Fsp3) is 0.778. The molecule has 0 heterocycles. The predicted molar refractivity (Wildman–Crippen MR) is 52.5 cm³/mol. The van der Waals surface area contributed by atoms with Gasteiger partial charge in [-0.05, 0) is 13.2 Å².